The highest BCUT2D eigenvalue weighted by Crippen LogP contribution is 2.06. The third kappa shape index (κ3) is 25.9. The maximum Gasteiger partial charge on any atom is 0.265 e. The molecule has 0 spiro atoms. The van der Waals surface area contributed by atoms with Gasteiger partial charge in [-0.2, -0.15) is 31.9 Å². The van der Waals surface area contributed by atoms with E-state index in [1.54, 1.807) is 6.20 Å². The van der Waals surface area contributed by atoms with Crippen molar-refractivity contribution in [1.82, 2.24) is 9.97 Å². The molecule has 0 saturated carbocycles. The molecule has 1 heterocycles. The number of aromatic nitrogens is 2. The molecule has 31 heavy (non-hydrogen) atoms. The standard InChI is InChI=1S/C12H22N2OS.C9H20O4S2/c1-11(2)10-15-7-3-8-16-9-4-12-13-5-6-14-12;1-9(2)8-13-4-3-5-14-6-7-15(10,11)12/h5-6,11H,3-4,7-10H2,1-2H3,(H,13,14);9H,3-8H2,1-2H3,(H,10,11,12). The zero-order valence-electron chi connectivity index (χ0n) is 19.5. The summed E-state index contributed by atoms with van der Waals surface area (Å²) in [5, 5.41) is 0. The number of nitrogens with one attached hydrogen (secondary N) is 1. The van der Waals surface area contributed by atoms with Gasteiger partial charge in [-0.25, -0.2) is 4.98 Å². The van der Waals surface area contributed by atoms with Crippen LogP contribution in [0.3, 0.4) is 0 Å². The van der Waals surface area contributed by atoms with Gasteiger partial charge in [0, 0.05) is 56.7 Å². The van der Waals surface area contributed by atoms with Gasteiger partial charge >= 0.3 is 0 Å². The van der Waals surface area contributed by atoms with Crippen molar-refractivity contribution in [2.75, 3.05) is 55.2 Å². The summed E-state index contributed by atoms with van der Waals surface area (Å²) in [6, 6.07) is 0. The normalized spacial score (nSPS) is 11.7. The van der Waals surface area contributed by atoms with E-state index < -0.39 is 10.1 Å². The zero-order chi connectivity index (χ0) is 23.4. The predicted octanol–water partition coefficient (Wildman–Crippen LogP) is 4.42. The van der Waals surface area contributed by atoms with Gasteiger partial charge in [0.25, 0.3) is 10.1 Å². The van der Waals surface area contributed by atoms with E-state index in [0.717, 1.165) is 63.0 Å². The van der Waals surface area contributed by atoms with Crippen LogP contribution in [0.2, 0.25) is 0 Å². The molecule has 1 aromatic rings. The van der Waals surface area contributed by atoms with Crippen molar-refractivity contribution in [3.05, 3.63) is 18.2 Å². The van der Waals surface area contributed by atoms with Crippen molar-refractivity contribution in [3.63, 3.8) is 0 Å². The lowest BCUT2D eigenvalue weighted by molar-refractivity contribution is 0.111. The minimum absolute atomic E-state index is 0.162. The molecule has 2 N–H and O–H groups in total. The molecular weight excluding hydrogens is 456 g/mol. The number of hydrogen-bond donors (Lipinski definition) is 2. The maximum absolute atomic E-state index is 10.4. The summed E-state index contributed by atoms with van der Waals surface area (Å²) in [5.74, 6) is 5.75. The first-order valence-corrected chi connectivity index (χ1v) is 14.9. The highest BCUT2D eigenvalue weighted by atomic mass is 32.2. The number of imidazole rings is 1. The predicted molar refractivity (Wildman–Crippen MR) is 134 cm³/mol. The number of thioether (sulfide) groups is 2. The fraction of sp³-hybridized carbons (Fsp3) is 0.857. The van der Waals surface area contributed by atoms with Crippen molar-refractivity contribution < 1.29 is 22.4 Å². The molecule has 0 aliphatic rings. The van der Waals surface area contributed by atoms with Gasteiger partial charge in [0.1, 0.15) is 5.82 Å². The fourth-order valence-corrected chi connectivity index (χ4v) is 4.84. The number of ether oxygens (including phenoxy) is 2. The molecule has 1 rings (SSSR count). The molecule has 0 aliphatic heterocycles. The molecule has 0 unspecified atom stereocenters. The second-order valence-electron chi connectivity index (χ2n) is 7.94. The molecule has 0 aromatic carbocycles. The van der Waals surface area contributed by atoms with Crippen molar-refractivity contribution in [2.45, 2.75) is 47.0 Å². The molecular formula is C21H42N2O5S3. The Morgan fingerprint density at radius 3 is 1.97 bits per heavy atom. The lowest BCUT2D eigenvalue weighted by atomic mass is 10.2. The summed E-state index contributed by atoms with van der Waals surface area (Å²) in [6.45, 7) is 11.8. The monoisotopic (exact) mass is 498 g/mol. The van der Waals surface area contributed by atoms with Crippen LogP contribution < -0.4 is 0 Å². The van der Waals surface area contributed by atoms with Gasteiger partial charge < -0.3 is 14.5 Å². The van der Waals surface area contributed by atoms with Gasteiger partial charge in [0.05, 0.1) is 5.75 Å². The molecule has 10 heteroatoms. The lowest BCUT2D eigenvalue weighted by Gasteiger charge is -2.06. The summed E-state index contributed by atoms with van der Waals surface area (Å²) in [4.78, 5) is 7.30. The first kappa shape index (κ1) is 30.7. The zero-order valence-corrected chi connectivity index (χ0v) is 22.0. The highest BCUT2D eigenvalue weighted by molar-refractivity contribution is 8.00. The Balaban J connectivity index is 0.000000582. The molecule has 0 radical (unpaired) electrons. The number of hydrogen-bond acceptors (Lipinski definition) is 7. The maximum atomic E-state index is 10.4. The van der Waals surface area contributed by atoms with Crippen molar-refractivity contribution >= 4 is 33.6 Å². The van der Waals surface area contributed by atoms with E-state index in [-0.39, 0.29) is 5.75 Å². The number of rotatable bonds is 18. The molecule has 7 nitrogen and oxygen atoms in total. The molecule has 0 atom stereocenters. The van der Waals surface area contributed by atoms with Gasteiger partial charge in [0.2, 0.25) is 0 Å². The molecule has 0 saturated heterocycles. The number of H-pyrrole nitrogens is 1. The Labute approximate surface area is 198 Å². The third-order valence-electron chi connectivity index (χ3n) is 3.58. The summed E-state index contributed by atoms with van der Waals surface area (Å²) in [5.41, 5.74) is 0. The van der Waals surface area contributed by atoms with Crippen LogP contribution in [0, 0.1) is 11.8 Å². The van der Waals surface area contributed by atoms with E-state index in [0.29, 0.717) is 17.6 Å². The first-order valence-electron chi connectivity index (χ1n) is 10.9. The number of nitrogens with zero attached hydrogens (tertiary/aromatic N) is 1. The molecule has 0 bridgehead atoms. The van der Waals surface area contributed by atoms with Crippen LogP contribution in [0.25, 0.3) is 0 Å². The second-order valence-corrected chi connectivity index (χ2v) is 12.0. The van der Waals surface area contributed by atoms with Gasteiger partial charge in [-0.15, -0.1) is 0 Å². The van der Waals surface area contributed by atoms with E-state index in [9.17, 15) is 8.42 Å². The SMILES string of the molecule is CC(C)COCCCSCCS(=O)(=O)O.CC(C)COCCCSCCc1ncc[nH]1. The van der Waals surface area contributed by atoms with Crippen molar-refractivity contribution in [1.29, 1.82) is 0 Å². The summed E-state index contributed by atoms with van der Waals surface area (Å²) < 4.78 is 40.0. The van der Waals surface area contributed by atoms with Crippen molar-refractivity contribution in [2.24, 2.45) is 11.8 Å². The largest absolute Gasteiger partial charge is 0.381 e. The van der Waals surface area contributed by atoms with Crippen LogP contribution in [-0.2, 0) is 26.0 Å². The Hall–Kier alpha value is -0.260. The Bertz CT molecular complexity index is 596. The second kappa shape index (κ2) is 20.4. The van der Waals surface area contributed by atoms with Crippen LogP contribution >= 0.6 is 23.5 Å². The third-order valence-corrected chi connectivity index (χ3v) is 6.70. The molecule has 0 aliphatic carbocycles. The molecule has 184 valence electrons. The number of aryl methyl sites for hydroxylation is 1. The minimum Gasteiger partial charge on any atom is -0.381 e. The quantitative estimate of drug-likeness (QED) is 0.227. The van der Waals surface area contributed by atoms with Gasteiger partial charge in [-0.3, -0.25) is 4.55 Å². The number of aromatic amines is 1. The first-order chi connectivity index (χ1) is 14.7. The van der Waals surface area contributed by atoms with Crippen molar-refractivity contribution in [3.8, 4) is 0 Å². The van der Waals surface area contributed by atoms with E-state index >= 15 is 0 Å². The summed E-state index contributed by atoms with van der Waals surface area (Å²) in [6.07, 6.45) is 6.78. The van der Waals surface area contributed by atoms with Crippen LogP contribution in [0.15, 0.2) is 12.4 Å². The van der Waals surface area contributed by atoms with E-state index in [4.69, 9.17) is 14.0 Å². The Morgan fingerprint density at radius 1 is 0.968 bits per heavy atom. The summed E-state index contributed by atoms with van der Waals surface area (Å²) >= 11 is 3.49. The fourth-order valence-electron chi connectivity index (χ4n) is 2.14. The van der Waals surface area contributed by atoms with Crippen LogP contribution in [0.5, 0.6) is 0 Å². The average Bonchev–Trinajstić information content (AvgIpc) is 3.19. The van der Waals surface area contributed by atoms with Crippen LogP contribution in [0.4, 0.5) is 0 Å². The average molecular weight is 499 g/mol. The van der Waals surface area contributed by atoms with Crippen LogP contribution in [-0.4, -0.2) is 78.1 Å². The van der Waals surface area contributed by atoms with E-state index in [1.165, 1.54) is 17.5 Å². The molecule has 0 amide bonds. The van der Waals surface area contributed by atoms with Gasteiger partial charge in [0.15, 0.2) is 0 Å². The lowest BCUT2D eigenvalue weighted by Crippen LogP contribution is -2.07. The molecule has 0 fully saturated rings. The Morgan fingerprint density at radius 2 is 1.52 bits per heavy atom. The molecule has 1 aromatic heterocycles. The van der Waals surface area contributed by atoms with E-state index in [2.05, 4.69) is 37.7 Å². The topological polar surface area (TPSA) is 102 Å². The van der Waals surface area contributed by atoms with E-state index in [1.807, 2.05) is 18.0 Å². The minimum atomic E-state index is -3.78. The summed E-state index contributed by atoms with van der Waals surface area (Å²) in [7, 11) is -3.78. The van der Waals surface area contributed by atoms with Gasteiger partial charge in [-0.1, -0.05) is 27.7 Å². The highest BCUT2D eigenvalue weighted by Gasteiger charge is 2.03. The van der Waals surface area contributed by atoms with Gasteiger partial charge in [-0.05, 0) is 36.2 Å². The smallest absolute Gasteiger partial charge is 0.265 e. The van der Waals surface area contributed by atoms with Crippen LogP contribution in [0.1, 0.15) is 46.4 Å². The Kier molecular flexibility index (Phi) is 20.2.